The molecule has 3 aliphatic rings. The Hall–Kier alpha value is -2.28. The number of hydrogen-bond acceptors (Lipinski definition) is 6. The van der Waals surface area contributed by atoms with Crippen LogP contribution >= 0.6 is 15.9 Å². The summed E-state index contributed by atoms with van der Waals surface area (Å²) in [6, 6.07) is 3.66. The highest BCUT2D eigenvalue weighted by molar-refractivity contribution is 9.10. The number of Topliss-reactive ketones (excluding diaryl/α,β-unsaturated/α-hetero) is 1. The molecule has 0 aromatic heterocycles. The average molecular weight is 518 g/mol. The maximum Gasteiger partial charge on any atom is 0.316 e. The molecule has 4 rings (SSSR count). The molecule has 0 radical (unpaired) electrons. The van der Waals surface area contributed by atoms with E-state index in [4.69, 9.17) is 14.2 Å². The molecule has 1 fully saturated rings. The van der Waals surface area contributed by atoms with Crippen LogP contribution in [0.5, 0.6) is 11.5 Å². The minimum absolute atomic E-state index is 0.0478. The summed E-state index contributed by atoms with van der Waals surface area (Å²) in [4.78, 5) is 27.0. The van der Waals surface area contributed by atoms with Crippen LogP contribution in [-0.4, -0.2) is 32.1 Å². The number of carbonyl (C=O) groups excluding carboxylic acids is 2. The molecular formula is C26H32BrNO5. The van der Waals surface area contributed by atoms with Gasteiger partial charge in [0.1, 0.15) is 12.0 Å². The second kappa shape index (κ2) is 9.16. The van der Waals surface area contributed by atoms with E-state index in [-0.39, 0.29) is 23.3 Å². The third-order valence-corrected chi connectivity index (χ3v) is 7.61. The van der Waals surface area contributed by atoms with E-state index in [0.717, 1.165) is 41.4 Å². The standard InChI is InChI=1S/C26H32BrNO5/c1-14-22(25(30)33-15-8-6-7-9-15)23(16-10-20(31-4)21(32-5)11-17(16)27)24-18(28-14)12-26(2,3)13-19(24)29/h10-11,15,22-23,28H,1,6-9,12-13H2,2-5H3. The van der Waals surface area contributed by atoms with Crippen molar-refractivity contribution in [3.05, 3.63) is 45.7 Å². The van der Waals surface area contributed by atoms with Crippen LogP contribution in [0.4, 0.5) is 0 Å². The summed E-state index contributed by atoms with van der Waals surface area (Å²) < 4.78 is 17.7. The highest BCUT2D eigenvalue weighted by Crippen LogP contribution is 2.51. The molecule has 0 amide bonds. The number of carbonyl (C=O) groups is 2. The quantitative estimate of drug-likeness (QED) is 0.526. The van der Waals surface area contributed by atoms with Gasteiger partial charge in [0.2, 0.25) is 0 Å². The summed E-state index contributed by atoms with van der Waals surface area (Å²) in [6.45, 7) is 8.38. The zero-order valence-electron chi connectivity index (χ0n) is 19.8. The van der Waals surface area contributed by atoms with Crippen molar-refractivity contribution >= 4 is 27.7 Å². The van der Waals surface area contributed by atoms with Crippen molar-refractivity contribution in [1.29, 1.82) is 0 Å². The van der Waals surface area contributed by atoms with Gasteiger partial charge in [-0.1, -0.05) is 36.4 Å². The van der Waals surface area contributed by atoms with Crippen molar-refractivity contribution in [3.63, 3.8) is 0 Å². The molecule has 33 heavy (non-hydrogen) atoms. The highest BCUT2D eigenvalue weighted by Gasteiger charge is 2.48. The Morgan fingerprint density at radius 1 is 1.12 bits per heavy atom. The molecule has 2 atom stereocenters. The second-order valence-electron chi connectivity index (χ2n) is 10.0. The van der Waals surface area contributed by atoms with E-state index in [0.29, 0.717) is 35.6 Å². The third-order valence-electron chi connectivity index (χ3n) is 6.93. The van der Waals surface area contributed by atoms with Crippen LogP contribution in [-0.2, 0) is 14.3 Å². The first-order valence-electron chi connectivity index (χ1n) is 11.5. The van der Waals surface area contributed by atoms with Crippen molar-refractivity contribution < 1.29 is 23.8 Å². The van der Waals surface area contributed by atoms with Gasteiger partial charge in [0.25, 0.3) is 0 Å². The van der Waals surface area contributed by atoms with Crippen LogP contribution in [0.3, 0.4) is 0 Å². The lowest BCUT2D eigenvalue weighted by Crippen LogP contribution is -2.44. The first-order chi connectivity index (χ1) is 15.6. The Labute approximate surface area is 203 Å². The number of methoxy groups -OCH3 is 2. The van der Waals surface area contributed by atoms with E-state index in [2.05, 4.69) is 41.7 Å². The molecule has 0 spiro atoms. The van der Waals surface area contributed by atoms with E-state index in [1.165, 1.54) is 0 Å². The first kappa shape index (κ1) is 23.9. The normalized spacial score (nSPS) is 24.9. The Morgan fingerprint density at radius 2 is 1.76 bits per heavy atom. The number of esters is 1. The number of benzene rings is 1. The fraction of sp³-hybridized carbons (Fsp3) is 0.538. The molecule has 0 bridgehead atoms. The van der Waals surface area contributed by atoms with Crippen molar-refractivity contribution in [2.75, 3.05) is 14.2 Å². The predicted molar refractivity (Wildman–Crippen MR) is 129 cm³/mol. The maximum atomic E-state index is 13.5. The minimum Gasteiger partial charge on any atom is -0.493 e. The van der Waals surface area contributed by atoms with Crippen LogP contribution < -0.4 is 14.8 Å². The van der Waals surface area contributed by atoms with E-state index in [1.807, 2.05) is 12.1 Å². The summed E-state index contributed by atoms with van der Waals surface area (Å²) >= 11 is 3.66. The summed E-state index contributed by atoms with van der Waals surface area (Å²) in [6.07, 6.45) is 4.94. The fourth-order valence-electron chi connectivity index (χ4n) is 5.41. The topological polar surface area (TPSA) is 73.9 Å². The van der Waals surface area contributed by atoms with Gasteiger partial charge in [-0.15, -0.1) is 0 Å². The highest BCUT2D eigenvalue weighted by atomic mass is 79.9. The van der Waals surface area contributed by atoms with Gasteiger partial charge in [-0.2, -0.15) is 0 Å². The minimum atomic E-state index is -0.719. The molecule has 1 heterocycles. The monoisotopic (exact) mass is 517 g/mol. The van der Waals surface area contributed by atoms with Gasteiger partial charge in [0, 0.05) is 33.8 Å². The summed E-state index contributed by atoms with van der Waals surface area (Å²) in [5, 5.41) is 3.32. The zero-order chi connectivity index (χ0) is 23.9. The summed E-state index contributed by atoms with van der Waals surface area (Å²) in [5.74, 6) is -0.434. The number of ether oxygens (including phenoxy) is 3. The summed E-state index contributed by atoms with van der Waals surface area (Å²) in [5.41, 5.74) is 2.67. The van der Waals surface area contributed by atoms with Crippen molar-refractivity contribution in [1.82, 2.24) is 5.32 Å². The van der Waals surface area contributed by atoms with Gasteiger partial charge in [0.05, 0.1) is 14.2 Å². The van der Waals surface area contributed by atoms with E-state index < -0.39 is 11.8 Å². The van der Waals surface area contributed by atoms with E-state index >= 15 is 0 Å². The van der Waals surface area contributed by atoms with Gasteiger partial charge in [-0.3, -0.25) is 9.59 Å². The van der Waals surface area contributed by atoms with Gasteiger partial charge >= 0.3 is 5.97 Å². The maximum absolute atomic E-state index is 13.5. The summed E-state index contributed by atoms with van der Waals surface area (Å²) in [7, 11) is 3.15. The van der Waals surface area contributed by atoms with Crippen molar-refractivity contribution in [2.24, 2.45) is 11.3 Å². The number of allylic oxidation sites excluding steroid dienone is 2. The average Bonchev–Trinajstić information content (AvgIpc) is 3.24. The molecule has 7 heteroatoms. The number of rotatable bonds is 5. The largest absolute Gasteiger partial charge is 0.493 e. The molecular weight excluding hydrogens is 486 g/mol. The van der Waals surface area contributed by atoms with Gasteiger partial charge < -0.3 is 19.5 Å². The van der Waals surface area contributed by atoms with Crippen LogP contribution in [0.25, 0.3) is 0 Å². The smallest absolute Gasteiger partial charge is 0.316 e. The number of hydrogen-bond donors (Lipinski definition) is 1. The Morgan fingerprint density at radius 3 is 2.39 bits per heavy atom. The predicted octanol–water partition coefficient (Wildman–Crippen LogP) is 5.41. The molecule has 178 valence electrons. The molecule has 6 nitrogen and oxygen atoms in total. The molecule has 1 aromatic carbocycles. The number of nitrogens with one attached hydrogen (secondary N) is 1. The van der Waals surface area contributed by atoms with Crippen LogP contribution in [0.1, 0.15) is 63.9 Å². The lowest BCUT2D eigenvalue weighted by molar-refractivity contribution is -0.153. The lowest BCUT2D eigenvalue weighted by Gasteiger charge is -2.42. The Kier molecular flexibility index (Phi) is 6.63. The van der Waals surface area contributed by atoms with Crippen LogP contribution in [0.2, 0.25) is 0 Å². The molecule has 1 aliphatic heterocycles. The van der Waals surface area contributed by atoms with Gasteiger partial charge in [-0.05, 0) is 55.2 Å². The third kappa shape index (κ3) is 4.57. The Balaban J connectivity index is 1.85. The van der Waals surface area contributed by atoms with Crippen molar-refractivity contribution in [3.8, 4) is 11.5 Å². The van der Waals surface area contributed by atoms with E-state index in [9.17, 15) is 9.59 Å². The number of ketones is 1. The first-order valence-corrected chi connectivity index (χ1v) is 12.3. The Bertz CT molecular complexity index is 1020. The zero-order valence-corrected chi connectivity index (χ0v) is 21.3. The second-order valence-corrected chi connectivity index (χ2v) is 10.9. The van der Waals surface area contributed by atoms with Crippen molar-refractivity contribution in [2.45, 2.75) is 64.4 Å². The molecule has 1 N–H and O–H groups in total. The molecule has 2 unspecified atom stereocenters. The van der Waals surface area contributed by atoms with Crippen LogP contribution in [0, 0.1) is 11.3 Å². The molecule has 0 saturated heterocycles. The molecule has 1 aromatic rings. The molecule has 1 saturated carbocycles. The number of halogens is 1. The SMILES string of the molecule is C=C1NC2=C(C(=O)CC(C)(C)C2)C(c2cc(OC)c(OC)cc2Br)C1C(=O)OC1CCCC1. The van der Waals surface area contributed by atoms with Gasteiger partial charge in [-0.25, -0.2) is 0 Å². The van der Waals surface area contributed by atoms with Crippen LogP contribution in [0.15, 0.2) is 40.2 Å². The lowest BCUT2D eigenvalue weighted by atomic mass is 9.66. The van der Waals surface area contributed by atoms with E-state index in [1.54, 1.807) is 14.2 Å². The fourth-order valence-corrected chi connectivity index (χ4v) is 5.98. The van der Waals surface area contributed by atoms with Gasteiger partial charge in [0.15, 0.2) is 17.3 Å². The molecule has 2 aliphatic carbocycles.